The van der Waals surface area contributed by atoms with Gasteiger partial charge in [-0.3, -0.25) is 9.20 Å². The minimum Gasteiger partial charge on any atom is -0.440 e. The topological polar surface area (TPSA) is 34.6 Å². The average molecular weight is 235 g/mol. The first-order valence-corrected chi connectivity index (χ1v) is 5.76. The van der Waals surface area contributed by atoms with Crippen LogP contribution in [0.15, 0.2) is 63.9 Å². The van der Waals surface area contributed by atoms with Gasteiger partial charge in [0.1, 0.15) is 5.58 Å². The summed E-state index contributed by atoms with van der Waals surface area (Å²) in [6.07, 6.45) is 1.72. The molecule has 0 bridgehead atoms. The van der Waals surface area contributed by atoms with Crippen LogP contribution in [-0.2, 0) is 0 Å². The van der Waals surface area contributed by atoms with Crippen LogP contribution in [0, 0.1) is 0 Å². The zero-order valence-electron chi connectivity index (χ0n) is 9.46. The Kier molecular flexibility index (Phi) is 1.70. The van der Waals surface area contributed by atoms with Gasteiger partial charge in [-0.2, -0.15) is 0 Å². The van der Waals surface area contributed by atoms with Crippen LogP contribution in [-0.4, -0.2) is 4.40 Å². The number of aromatic nitrogens is 1. The Morgan fingerprint density at radius 1 is 0.944 bits per heavy atom. The Labute approximate surface area is 102 Å². The molecule has 3 heteroatoms. The molecule has 0 spiro atoms. The molecule has 2 heterocycles. The quantitative estimate of drug-likeness (QED) is 0.439. The van der Waals surface area contributed by atoms with Crippen LogP contribution in [0.25, 0.3) is 27.5 Å². The SMILES string of the molecule is O=c1c2cc3ccccc3cc2oc2cccn12. The van der Waals surface area contributed by atoms with Crippen molar-refractivity contribution >= 4 is 27.5 Å². The summed E-state index contributed by atoms with van der Waals surface area (Å²) in [5.74, 6) is 0. The fourth-order valence-electron chi connectivity index (χ4n) is 2.33. The maximum Gasteiger partial charge on any atom is 0.268 e. The summed E-state index contributed by atoms with van der Waals surface area (Å²) in [7, 11) is 0. The van der Waals surface area contributed by atoms with Crippen molar-refractivity contribution in [2.75, 3.05) is 0 Å². The van der Waals surface area contributed by atoms with E-state index in [1.54, 1.807) is 18.3 Å². The van der Waals surface area contributed by atoms with Crippen LogP contribution in [0.3, 0.4) is 0 Å². The fraction of sp³-hybridized carbons (Fsp3) is 0. The van der Waals surface area contributed by atoms with E-state index >= 15 is 0 Å². The fourth-order valence-corrected chi connectivity index (χ4v) is 2.33. The Bertz CT molecular complexity index is 947. The van der Waals surface area contributed by atoms with Crippen molar-refractivity contribution in [2.45, 2.75) is 0 Å². The van der Waals surface area contributed by atoms with Crippen LogP contribution in [0.4, 0.5) is 0 Å². The summed E-state index contributed by atoms with van der Waals surface area (Å²) in [4.78, 5) is 12.3. The highest BCUT2D eigenvalue weighted by Crippen LogP contribution is 2.21. The summed E-state index contributed by atoms with van der Waals surface area (Å²) in [5.41, 5.74) is 1.16. The molecule has 4 aromatic rings. The number of rotatable bonds is 0. The molecule has 2 aromatic carbocycles. The number of fused-ring (bicyclic) bond motifs is 3. The van der Waals surface area contributed by atoms with Crippen molar-refractivity contribution in [3.05, 3.63) is 65.1 Å². The van der Waals surface area contributed by atoms with Gasteiger partial charge in [-0.15, -0.1) is 0 Å². The first-order chi connectivity index (χ1) is 8.83. The van der Waals surface area contributed by atoms with Gasteiger partial charge in [-0.25, -0.2) is 0 Å². The second-order valence-electron chi connectivity index (χ2n) is 4.32. The van der Waals surface area contributed by atoms with Gasteiger partial charge in [0.2, 0.25) is 5.71 Å². The Morgan fingerprint density at radius 2 is 1.72 bits per heavy atom. The standard InChI is InChI=1S/C15H9NO2/c17-15-12-8-10-4-1-2-5-11(10)9-13(12)18-14-6-3-7-16(14)15/h1-9H. The van der Waals surface area contributed by atoms with E-state index in [9.17, 15) is 4.79 Å². The molecule has 0 amide bonds. The number of hydrogen-bond donors (Lipinski definition) is 0. The lowest BCUT2D eigenvalue weighted by Gasteiger charge is -2.02. The van der Waals surface area contributed by atoms with Gasteiger partial charge in [0.15, 0.2) is 0 Å². The van der Waals surface area contributed by atoms with E-state index in [1.807, 2.05) is 36.4 Å². The van der Waals surface area contributed by atoms with Crippen LogP contribution < -0.4 is 5.56 Å². The summed E-state index contributed by atoms with van der Waals surface area (Å²) in [6, 6.07) is 15.3. The number of hydrogen-bond acceptors (Lipinski definition) is 2. The third kappa shape index (κ3) is 1.16. The third-order valence-corrected chi connectivity index (χ3v) is 3.22. The van der Waals surface area contributed by atoms with Crippen molar-refractivity contribution in [3.8, 4) is 0 Å². The van der Waals surface area contributed by atoms with Gasteiger partial charge in [-0.1, -0.05) is 24.3 Å². The first-order valence-electron chi connectivity index (χ1n) is 5.76. The van der Waals surface area contributed by atoms with Crippen LogP contribution in [0.5, 0.6) is 0 Å². The average Bonchev–Trinajstić information content (AvgIpc) is 2.86. The lowest BCUT2D eigenvalue weighted by molar-refractivity contribution is 0.629. The van der Waals surface area contributed by atoms with Crippen molar-refractivity contribution in [1.29, 1.82) is 0 Å². The molecule has 0 saturated heterocycles. The van der Waals surface area contributed by atoms with Crippen molar-refractivity contribution in [1.82, 2.24) is 4.40 Å². The number of benzene rings is 2. The zero-order chi connectivity index (χ0) is 12.1. The van der Waals surface area contributed by atoms with E-state index in [4.69, 9.17) is 4.42 Å². The van der Waals surface area contributed by atoms with E-state index in [-0.39, 0.29) is 5.56 Å². The van der Waals surface area contributed by atoms with Gasteiger partial charge in [-0.05, 0) is 29.0 Å². The third-order valence-electron chi connectivity index (χ3n) is 3.22. The van der Waals surface area contributed by atoms with Gasteiger partial charge in [0.05, 0.1) is 5.39 Å². The Hall–Kier alpha value is -2.55. The predicted octanol–water partition coefficient (Wildman–Crippen LogP) is 3.20. The molecular formula is C15H9NO2. The molecule has 0 N–H and O–H groups in total. The molecule has 0 unspecified atom stereocenters. The van der Waals surface area contributed by atoms with E-state index in [0.717, 1.165) is 10.8 Å². The molecule has 0 fully saturated rings. The van der Waals surface area contributed by atoms with E-state index in [0.29, 0.717) is 16.7 Å². The first kappa shape index (κ1) is 9.48. The molecule has 4 rings (SSSR count). The highest BCUT2D eigenvalue weighted by atomic mass is 16.3. The molecule has 0 saturated carbocycles. The van der Waals surface area contributed by atoms with Crippen molar-refractivity contribution < 1.29 is 4.42 Å². The summed E-state index contributed by atoms with van der Waals surface area (Å²) >= 11 is 0. The number of nitrogens with zero attached hydrogens (tertiary/aromatic N) is 1. The zero-order valence-corrected chi connectivity index (χ0v) is 9.46. The minimum atomic E-state index is -0.0398. The summed E-state index contributed by atoms with van der Waals surface area (Å²) in [5, 5.41) is 2.73. The minimum absolute atomic E-state index is 0.0398. The molecule has 2 aromatic heterocycles. The van der Waals surface area contributed by atoms with Gasteiger partial charge < -0.3 is 4.42 Å². The monoisotopic (exact) mass is 235 g/mol. The predicted molar refractivity (Wildman–Crippen MR) is 70.9 cm³/mol. The van der Waals surface area contributed by atoms with Gasteiger partial charge >= 0.3 is 0 Å². The van der Waals surface area contributed by atoms with E-state index in [1.165, 1.54) is 4.40 Å². The van der Waals surface area contributed by atoms with Crippen LogP contribution >= 0.6 is 0 Å². The molecule has 0 aliphatic carbocycles. The lowest BCUT2D eigenvalue weighted by Crippen LogP contribution is -2.11. The van der Waals surface area contributed by atoms with Crippen LogP contribution in [0.2, 0.25) is 0 Å². The molecular weight excluding hydrogens is 226 g/mol. The Balaban J connectivity index is 2.32. The second kappa shape index (κ2) is 3.23. The highest BCUT2D eigenvalue weighted by Gasteiger charge is 2.07. The molecule has 0 aliphatic heterocycles. The molecule has 3 nitrogen and oxygen atoms in total. The van der Waals surface area contributed by atoms with Crippen molar-refractivity contribution in [2.24, 2.45) is 0 Å². The maximum atomic E-state index is 12.3. The van der Waals surface area contributed by atoms with Crippen LogP contribution in [0.1, 0.15) is 0 Å². The van der Waals surface area contributed by atoms with Gasteiger partial charge in [0, 0.05) is 12.3 Å². The molecule has 0 radical (unpaired) electrons. The van der Waals surface area contributed by atoms with E-state index in [2.05, 4.69) is 0 Å². The largest absolute Gasteiger partial charge is 0.440 e. The maximum absolute atomic E-state index is 12.3. The molecule has 0 atom stereocenters. The summed E-state index contributed by atoms with van der Waals surface area (Å²) in [6.45, 7) is 0. The smallest absolute Gasteiger partial charge is 0.268 e. The molecule has 18 heavy (non-hydrogen) atoms. The highest BCUT2D eigenvalue weighted by molar-refractivity contribution is 5.95. The van der Waals surface area contributed by atoms with Crippen molar-refractivity contribution in [3.63, 3.8) is 0 Å². The molecule has 86 valence electrons. The Morgan fingerprint density at radius 3 is 2.56 bits per heavy atom. The lowest BCUT2D eigenvalue weighted by atomic mass is 10.1. The van der Waals surface area contributed by atoms with E-state index < -0.39 is 0 Å². The summed E-state index contributed by atoms with van der Waals surface area (Å²) < 4.78 is 7.26. The van der Waals surface area contributed by atoms with Gasteiger partial charge in [0.25, 0.3) is 5.56 Å². The normalized spacial score (nSPS) is 11.6. The second-order valence-corrected chi connectivity index (χ2v) is 4.32. The molecule has 0 aliphatic rings.